The Labute approximate surface area is 104 Å². The Balaban J connectivity index is 3.03. The van der Waals surface area contributed by atoms with Crippen LogP contribution < -0.4 is 5.73 Å². The van der Waals surface area contributed by atoms with Crippen LogP contribution in [0.4, 0.5) is 0 Å². The van der Waals surface area contributed by atoms with E-state index in [1.54, 1.807) is 6.07 Å². The van der Waals surface area contributed by atoms with Gasteiger partial charge in [-0.05, 0) is 12.1 Å². The average Bonchev–Trinajstić information content (AvgIpc) is 2.67. The van der Waals surface area contributed by atoms with E-state index in [9.17, 15) is 8.42 Å². The van der Waals surface area contributed by atoms with Gasteiger partial charge in [-0.3, -0.25) is 0 Å². The van der Waals surface area contributed by atoms with Gasteiger partial charge in [0.1, 0.15) is 9.20 Å². The maximum atomic E-state index is 11.9. The Morgan fingerprint density at radius 1 is 1.62 bits per heavy atom. The van der Waals surface area contributed by atoms with Gasteiger partial charge in [-0.1, -0.05) is 12.2 Å². The maximum Gasteiger partial charge on any atom is 0.252 e. The van der Waals surface area contributed by atoms with Gasteiger partial charge in [0.25, 0.3) is 10.0 Å². The van der Waals surface area contributed by atoms with Crippen molar-refractivity contribution in [2.24, 2.45) is 5.73 Å². The Morgan fingerprint density at radius 2 is 2.25 bits per heavy atom. The first-order valence-electron chi connectivity index (χ1n) is 4.36. The first kappa shape index (κ1) is 13.5. The fourth-order valence-corrected chi connectivity index (χ4v) is 3.73. The molecule has 0 fully saturated rings. The number of nitrogens with two attached hydrogens (primary N) is 1. The van der Waals surface area contributed by atoms with Crippen LogP contribution in [0, 0.1) is 0 Å². The number of sulfonamides is 1. The number of thiocarbonyl (C=S) groups is 1. The third-order valence-corrected chi connectivity index (χ3v) is 5.70. The molecule has 5 nitrogen and oxygen atoms in total. The van der Waals surface area contributed by atoms with Gasteiger partial charge in [0.15, 0.2) is 0 Å². The van der Waals surface area contributed by atoms with E-state index in [0.29, 0.717) is 4.88 Å². The fourth-order valence-electron chi connectivity index (χ4n) is 1.01. The van der Waals surface area contributed by atoms with Gasteiger partial charge in [-0.15, -0.1) is 11.3 Å². The summed E-state index contributed by atoms with van der Waals surface area (Å²) in [6.45, 7) is -0.161. The molecule has 16 heavy (non-hydrogen) atoms. The normalized spacial score (nSPS) is 11.9. The fraction of sp³-hybridized carbons (Fsp3) is 0.375. The molecule has 3 N–H and O–H groups in total. The van der Waals surface area contributed by atoms with Gasteiger partial charge < -0.3 is 10.8 Å². The number of hydrogen-bond donors (Lipinski definition) is 2. The van der Waals surface area contributed by atoms with Crippen LogP contribution in [-0.2, 0) is 10.0 Å². The quantitative estimate of drug-likeness (QED) is 0.742. The third-order valence-electron chi connectivity index (χ3n) is 1.90. The summed E-state index contributed by atoms with van der Waals surface area (Å²) in [5, 5.41) is 8.70. The molecule has 1 aromatic heterocycles. The van der Waals surface area contributed by atoms with Crippen LogP contribution >= 0.6 is 23.6 Å². The van der Waals surface area contributed by atoms with Crippen molar-refractivity contribution >= 4 is 38.6 Å². The number of nitrogens with zero attached hydrogens (tertiary/aromatic N) is 1. The summed E-state index contributed by atoms with van der Waals surface area (Å²) in [6, 6.07) is 3.04. The van der Waals surface area contributed by atoms with Crippen molar-refractivity contribution in [3.8, 4) is 0 Å². The van der Waals surface area contributed by atoms with Crippen LogP contribution in [0.15, 0.2) is 16.3 Å². The molecule has 90 valence electrons. The lowest BCUT2D eigenvalue weighted by Gasteiger charge is -2.13. The summed E-state index contributed by atoms with van der Waals surface area (Å²) in [5.41, 5.74) is 5.40. The lowest BCUT2D eigenvalue weighted by Crippen LogP contribution is -2.29. The zero-order valence-electron chi connectivity index (χ0n) is 8.58. The molecular formula is C8H12N2O3S3. The predicted octanol–water partition coefficient (Wildman–Crippen LogP) is -0.00490. The van der Waals surface area contributed by atoms with Crippen molar-refractivity contribution < 1.29 is 13.5 Å². The van der Waals surface area contributed by atoms with Crippen molar-refractivity contribution in [3.05, 3.63) is 17.0 Å². The highest BCUT2D eigenvalue weighted by atomic mass is 32.2. The third kappa shape index (κ3) is 2.77. The standard InChI is InChI=1S/C8H12N2O3S3/c1-10(4-5-11)16(12,13)7-3-2-6(15-7)8(9)14/h2-3,11H,4-5H2,1H3,(H2,9,14). The topological polar surface area (TPSA) is 83.6 Å². The lowest BCUT2D eigenvalue weighted by atomic mass is 10.5. The number of likely N-dealkylation sites (N-methyl/N-ethyl adjacent to an activating group) is 1. The Kier molecular flexibility index (Phi) is 4.39. The van der Waals surface area contributed by atoms with Crippen LogP contribution in [0.3, 0.4) is 0 Å². The van der Waals surface area contributed by atoms with Crippen molar-refractivity contribution in [2.45, 2.75) is 4.21 Å². The highest BCUT2D eigenvalue weighted by molar-refractivity contribution is 7.91. The Morgan fingerprint density at radius 3 is 2.69 bits per heavy atom. The number of aliphatic hydroxyl groups excluding tert-OH is 1. The van der Waals surface area contributed by atoms with Crippen LogP contribution in [0.5, 0.6) is 0 Å². The molecule has 0 atom stereocenters. The van der Waals surface area contributed by atoms with E-state index in [1.165, 1.54) is 13.1 Å². The molecule has 1 heterocycles. The molecule has 0 aliphatic heterocycles. The second kappa shape index (κ2) is 5.19. The van der Waals surface area contributed by atoms with Gasteiger partial charge >= 0.3 is 0 Å². The largest absolute Gasteiger partial charge is 0.395 e. The summed E-state index contributed by atoms with van der Waals surface area (Å²) in [6.07, 6.45) is 0. The van der Waals surface area contributed by atoms with Crippen molar-refractivity contribution in [3.63, 3.8) is 0 Å². The molecule has 1 rings (SSSR count). The smallest absolute Gasteiger partial charge is 0.252 e. The molecule has 0 saturated carbocycles. The van der Waals surface area contributed by atoms with Crippen molar-refractivity contribution in [1.82, 2.24) is 4.31 Å². The summed E-state index contributed by atoms with van der Waals surface area (Å²) in [5.74, 6) is 0. The van der Waals surface area contributed by atoms with E-state index >= 15 is 0 Å². The second-order valence-electron chi connectivity index (χ2n) is 3.03. The lowest BCUT2D eigenvalue weighted by molar-refractivity contribution is 0.266. The van der Waals surface area contributed by atoms with Gasteiger partial charge in [-0.25, -0.2) is 8.42 Å². The van der Waals surface area contributed by atoms with E-state index in [-0.39, 0.29) is 22.3 Å². The molecule has 0 spiro atoms. The molecule has 0 radical (unpaired) electrons. The van der Waals surface area contributed by atoms with Gasteiger partial charge in [-0.2, -0.15) is 4.31 Å². The predicted molar refractivity (Wildman–Crippen MR) is 67.1 cm³/mol. The summed E-state index contributed by atoms with van der Waals surface area (Å²) in [4.78, 5) is 0.738. The minimum Gasteiger partial charge on any atom is -0.395 e. The zero-order valence-corrected chi connectivity index (χ0v) is 11.0. The van der Waals surface area contributed by atoms with Crippen LogP contribution in [-0.4, -0.2) is 43.0 Å². The minimum absolute atomic E-state index is 0.0582. The molecule has 0 amide bonds. The maximum absolute atomic E-state index is 11.9. The molecule has 0 aromatic carbocycles. The molecular weight excluding hydrogens is 268 g/mol. The average molecular weight is 280 g/mol. The Bertz CT molecular complexity index is 480. The van der Waals surface area contributed by atoms with Gasteiger partial charge in [0, 0.05) is 13.6 Å². The van der Waals surface area contributed by atoms with E-state index in [2.05, 4.69) is 0 Å². The SMILES string of the molecule is CN(CCO)S(=O)(=O)c1ccc(C(N)=S)s1. The zero-order chi connectivity index (χ0) is 12.3. The highest BCUT2D eigenvalue weighted by Gasteiger charge is 2.22. The van der Waals surface area contributed by atoms with Gasteiger partial charge in [0.05, 0.1) is 11.5 Å². The monoisotopic (exact) mass is 280 g/mol. The van der Waals surface area contributed by atoms with E-state index < -0.39 is 10.0 Å². The van der Waals surface area contributed by atoms with Crippen molar-refractivity contribution in [2.75, 3.05) is 20.2 Å². The molecule has 0 unspecified atom stereocenters. The minimum atomic E-state index is -3.54. The molecule has 8 heteroatoms. The first-order valence-corrected chi connectivity index (χ1v) is 7.03. The summed E-state index contributed by atoms with van der Waals surface area (Å²) >= 11 is 5.78. The van der Waals surface area contributed by atoms with Crippen LogP contribution in [0.1, 0.15) is 4.88 Å². The molecule has 1 aromatic rings. The summed E-state index contributed by atoms with van der Waals surface area (Å²) in [7, 11) is -2.13. The molecule has 0 saturated heterocycles. The van der Waals surface area contributed by atoms with E-state index in [0.717, 1.165) is 15.6 Å². The van der Waals surface area contributed by atoms with Gasteiger partial charge in [0.2, 0.25) is 0 Å². The second-order valence-corrected chi connectivity index (χ2v) is 6.83. The van der Waals surface area contributed by atoms with Crippen LogP contribution in [0.25, 0.3) is 0 Å². The number of thiophene rings is 1. The number of aliphatic hydroxyl groups is 1. The Hall–Kier alpha value is -0.540. The molecule has 0 aliphatic rings. The first-order chi connectivity index (χ1) is 7.39. The van der Waals surface area contributed by atoms with E-state index in [1.807, 2.05) is 0 Å². The highest BCUT2D eigenvalue weighted by Crippen LogP contribution is 2.23. The molecule has 0 aliphatic carbocycles. The van der Waals surface area contributed by atoms with E-state index in [4.69, 9.17) is 23.1 Å². The number of rotatable bonds is 5. The van der Waals surface area contributed by atoms with Crippen LogP contribution in [0.2, 0.25) is 0 Å². The summed E-state index contributed by atoms with van der Waals surface area (Å²) < 4.78 is 25.1. The van der Waals surface area contributed by atoms with Crippen molar-refractivity contribution in [1.29, 1.82) is 0 Å². The molecule has 0 bridgehead atoms. The number of hydrogen-bond acceptors (Lipinski definition) is 5.